The third-order valence-electron chi connectivity index (χ3n) is 6.95. The molecule has 55 heavy (non-hydrogen) atoms. The Labute approximate surface area is 312 Å². The van der Waals surface area contributed by atoms with Gasteiger partial charge >= 0.3 is 10.4 Å². The summed E-state index contributed by atoms with van der Waals surface area (Å²) in [5.41, 5.74) is -1.71. The summed E-state index contributed by atoms with van der Waals surface area (Å²) in [4.78, 5) is -2.13. The van der Waals surface area contributed by atoms with Gasteiger partial charge in [-0.2, -0.15) is 38.8 Å². The fourth-order valence-electron chi connectivity index (χ4n) is 4.59. The largest absolute Gasteiger partial charge is 0.506 e. The Bertz CT molecular complexity index is 2780. The zero-order valence-corrected chi connectivity index (χ0v) is 31.8. The molecule has 6 N–H and O–H groups in total. The summed E-state index contributed by atoms with van der Waals surface area (Å²) in [6.07, 6.45) is 0. The molecule has 0 aliphatic heterocycles. The summed E-state index contributed by atoms with van der Waals surface area (Å²) in [7, 11) is -21.7. The number of phenols is 1. The van der Waals surface area contributed by atoms with Crippen molar-refractivity contribution in [2.24, 2.45) is 20.5 Å². The van der Waals surface area contributed by atoms with Crippen LogP contribution in [0.25, 0.3) is 10.8 Å². The van der Waals surface area contributed by atoms with Gasteiger partial charge < -0.3 is 19.9 Å². The number of anilines is 1. The van der Waals surface area contributed by atoms with E-state index in [1.165, 1.54) is 12.1 Å². The lowest BCUT2D eigenvalue weighted by molar-refractivity contribution is 0.284. The fraction of sp³-hybridized carbons (Fsp3) is 0.185. The highest BCUT2D eigenvalue weighted by Gasteiger charge is 2.26. The molecular weight excluding hydrogens is 843 g/mol. The number of ether oxygens (including phenoxy) is 2. The molecule has 298 valence electrons. The van der Waals surface area contributed by atoms with Crippen LogP contribution in [0, 0.1) is 0 Å². The Morgan fingerprint density at radius 1 is 0.673 bits per heavy atom. The number of nitrogens with one attached hydrogen (secondary N) is 1. The number of rotatable bonds is 16. The second-order valence-electron chi connectivity index (χ2n) is 10.6. The van der Waals surface area contributed by atoms with Crippen molar-refractivity contribution in [1.82, 2.24) is 0 Å². The van der Waals surface area contributed by atoms with E-state index in [1.807, 2.05) is 0 Å². The molecule has 0 spiro atoms. The Hall–Kier alpha value is -4.91. The molecule has 0 amide bonds. The number of hydrogen-bond acceptors (Lipinski definition) is 19. The molecule has 0 atom stereocenters. The smallest absolute Gasteiger partial charge is 0.397 e. The first-order valence-corrected chi connectivity index (χ1v) is 21.9. The fourth-order valence-corrected chi connectivity index (χ4v) is 7.71. The molecule has 0 saturated heterocycles. The Morgan fingerprint density at radius 2 is 1.29 bits per heavy atom. The van der Waals surface area contributed by atoms with Crippen molar-refractivity contribution in [3.63, 3.8) is 0 Å². The first-order valence-electron chi connectivity index (χ1n) is 14.4. The number of benzene rings is 4. The van der Waals surface area contributed by atoms with E-state index >= 15 is 0 Å². The molecule has 0 heterocycles. The van der Waals surface area contributed by atoms with E-state index in [0.717, 1.165) is 50.6 Å². The van der Waals surface area contributed by atoms with Gasteiger partial charge in [-0.15, -0.1) is 15.3 Å². The Kier molecular flexibility index (Phi) is 12.5. The van der Waals surface area contributed by atoms with Crippen molar-refractivity contribution in [3.05, 3.63) is 54.6 Å². The molecule has 0 fully saturated rings. The van der Waals surface area contributed by atoms with E-state index in [4.69, 9.17) is 14.0 Å². The maximum absolute atomic E-state index is 12.7. The summed E-state index contributed by atoms with van der Waals surface area (Å²) in [6.45, 7) is -0.886. The van der Waals surface area contributed by atoms with Crippen molar-refractivity contribution >= 4 is 89.8 Å². The van der Waals surface area contributed by atoms with Crippen LogP contribution in [0.4, 0.5) is 28.4 Å². The van der Waals surface area contributed by atoms with Crippen LogP contribution in [0.1, 0.15) is 0 Å². The van der Waals surface area contributed by atoms with E-state index < -0.39 is 107 Å². The van der Waals surface area contributed by atoms with Crippen molar-refractivity contribution in [2.45, 2.75) is 14.7 Å². The Balaban J connectivity index is 1.89. The van der Waals surface area contributed by atoms with Crippen LogP contribution in [-0.2, 0) is 54.8 Å². The summed E-state index contributed by atoms with van der Waals surface area (Å²) in [5, 5.41) is 28.2. The average Bonchev–Trinajstić information content (AvgIpc) is 3.06. The molecule has 0 saturated carbocycles. The van der Waals surface area contributed by atoms with Gasteiger partial charge in [-0.05, 0) is 42.5 Å². The van der Waals surface area contributed by atoms with Gasteiger partial charge in [0.1, 0.15) is 44.2 Å². The molecule has 0 radical (unpaired) electrons. The minimum atomic E-state index is -5.25. The first-order chi connectivity index (χ1) is 25.3. The number of phenolic OH excluding ortho intramolecular Hbond substituents is 1. The number of methoxy groups -OCH3 is 2. The number of fused-ring (bicyclic) bond motifs is 1. The van der Waals surface area contributed by atoms with Gasteiger partial charge in [0.25, 0.3) is 30.4 Å². The molecule has 0 aromatic heterocycles. The zero-order chi connectivity index (χ0) is 41.1. The minimum Gasteiger partial charge on any atom is -0.506 e. The maximum atomic E-state index is 12.7. The predicted molar refractivity (Wildman–Crippen MR) is 189 cm³/mol. The number of sulfone groups is 1. The van der Waals surface area contributed by atoms with Gasteiger partial charge in [0, 0.05) is 22.9 Å². The number of hydrogen-bond donors (Lipinski definition) is 6. The highest BCUT2D eigenvalue weighted by atomic mass is 32.3. The predicted octanol–water partition coefficient (Wildman–Crippen LogP) is 3.74. The monoisotopic (exact) mass is 869 g/mol. The standard InChI is InChI=1S/C27H27N5O18S5/c1-48-22-12-20(21(33)13-23(22)53(39,40)41)30-32-26-24(54(42,43)44)11-18-17(27(26)49-2)7-8-19(28-14-52(36,37)38)25(18)31-29-15-3-5-16(6-4-15)51(34,35)10-9-50-55(45,46)47/h3-8,11-13,28,33H,9-10,14H2,1-2H3,(H,36,37,38)(H,39,40,41)(H,42,43,44)(H,45,46,47)/b31-29+,32-30+. The molecule has 4 aromatic carbocycles. The highest BCUT2D eigenvalue weighted by Crippen LogP contribution is 2.48. The van der Waals surface area contributed by atoms with Gasteiger partial charge in [-0.1, -0.05) is 0 Å². The summed E-state index contributed by atoms with van der Waals surface area (Å²) in [5.74, 6) is -3.66. The van der Waals surface area contributed by atoms with Gasteiger partial charge in [0.2, 0.25) is 0 Å². The molecule has 0 aliphatic rings. The van der Waals surface area contributed by atoms with Crippen LogP contribution in [0.3, 0.4) is 0 Å². The normalized spacial score (nSPS) is 13.1. The number of nitrogens with zero attached hydrogens (tertiary/aromatic N) is 4. The molecule has 28 heteroatoms. The average molecular weight is 870 g/mol. The molecule has 4 rings (SSSR count). The van der Waals surface area contributed by atoms with E-state index in [1.54, 1.807) is 0 Å². The third kappa shape index (κ3) is 10.9. The lowest BCUT2D eigenvalue weighted by Crippen LogP contribution is -2.15. The first kappa shape index (κ1) is 42.8. The van der Waals surface area contributed by atoms with Gasteiger partial charge in [-0.3, -0.25) is 18.2 Å². The zero-order valence-electron chi connectivity index (χ0n) is 27.7. The van der Waals surface area contributed by atoms with Gasteiger partial charge in [0.05, 0.1) is 42.8 Å². The number of aromatic hydroxyl groups is 1. The second kappa shape index (κ2) is 16.1. The van der Waals surface area contributed by atoms with Crippen LogP contribution < -0.4 is 14.8 Å². The van der Waals surface area contributed by atoms with Crippen molar-refractivity contribution in [3.8, 4) is 17.2 Å². The number of azo groups is 2. The van der Waals surface area contributed by atoms with Crippen molar-refractivity contribution in [1.29, 1.82) is 0 Å². The molecule has 0 bridgehead atoms. The molecule has 0 aliphatic carbocycles. The van der Waals surface area contributed by atoms with Crippen LogP contribution in [0.15, 0.2) is 89.7 Å². The Morgan fingerprint density at radius 3 is 1.84 bits per heavy atom. The van der Waals surface area contributed by atoms with Crippen LogP contribution in [0.2, 0.25) is 0 Å². The van der Waals surface area contributed by atoms with Crippen molar-refractivity contribution < 1.29 is 79.1 Å². The SMILES string of the molecule is COc1cc(/N=N/c2c(S(=O)(=O)O)cc3c(/N=N/c4ccc(S(=O)(=O)CCOS(=O)(=O)O)cc4)c(NCS(=O)(=O)O)ccc3c2OC)c(O)cc1S(=O)(=O)O. The highest BCUT2D eigenvalue weighted by molar-refractivity contribution is 7.91. The maximum Gasteiger partial charge on any atom is 0.397 e. The van der Waals surface area contributed by atoms with Crippen LogP contribution in [0.5, 0.6) is 17.2 Å². The topological polar surface area (TPSA) is 361 Å². The summed E-state index contributed by atoms with van der Waals surface area (Å²) in [6, 6.07) is 9.17. The molecule has 0 unspecified atom stereocenters. The summed E-state index contributed by atoms with van der Waals surface area (Å²) < 4.78 is 170. The van der Waals surface area contributed by atoms with Crippen LogP contribution in [-0.4, -0.2) is 97.9 Å². The van der Waals surface area contributed by atoms with Crippen molar-refractivity contribution in [2.75, 3.05) is 37.8 Å². The lowest BCUT2D eigenvalue weighted by Gasteiger charge is -2.16. The second-order valence-corrected chi connectivity index (χ2v) is 18.1. The lowest BCUT2D eigenvalue weighted by atomic mass is 10.0. The van der Waals surface area contributed by atoms with E-state index in [9.17, 15) is 60.9 Å². The van der Waals surface area contributed by atoms with Crippen LogP contribution >= 0.6 is 0 Å². The quantitative estimate of drug-likeness (QED) is 0.0689. The minimum absolute atomic E-state index is 0.0210. The van der Waals surface area contributed by atoms with Gasteiger partial charge in [0.15, 0.2) is 15.6 Å². The van der Waals surface area contributed by atoms with Gasteiger partial charge in [-0.25, -0.2) is 12.6 Å². The molecule has 4 aromatic rings. The third-order valence-corrected chi connectivity index (χ3v) is 11.4. The summed E-state index contributed by atoms with van der Waals surface area (Å²) >= 11 is 0. The van der Waals surface area contributed by atoms with E-state index in [-0.39, 0.29) is 32.7 Å². The molecule has 23 nitrogen and oxygen atoms in total. The van der Waals surface area contributed by atoms with E-state index in [0.29, 0.717) is 6.07 Å². The van der Waals surface area contributed by atoms with E-state index in [2.05, 4.69) is 30.0 Å². The molecular formula is C27H27N5O18S5.